The molecule has 0 heterocycles. The number of aryl methyl sites for hydroxylation is 2. The van der Waals surface area contributed by atoms with Crippen LogP contribution in [0.3, 0.4) is 0 Å². The van der Waals surface area contributed by atoms with Crippen molar-refractivity contribution in [3.05, 3.63) is 23.3 Å². The number of rotatable bonds is 3. The summed E-state index contributed by atoms with van der Waals surface area (Å²) in [5, 5.41) is 7.37. The van der Waals surface area contributed by atoms with Crippen LogP contribution in [0.1, 0.15) is 11.1 Å². The number of nitrogens with zero attached hydrogens (tertiary/aromatic N) is 2. The first-order chi connectivity index (χ1) is 6.69. The lowest BCUT2D eigenvalue weighted by Gasteiger charge is -2.07. The quantitative estimate of drug-likeness (QED) is 0.548. The van der Waals surface area contributed by atoms with Gasteiger partial charge in [0.1, 0.15) is 18.5 Å². The molecule has 0 radical (unpaired) electrons. The van der Waals surface area contributed by atoms with E-state index in [0.29, 0.717) is 5.69 Å². The van der Waals surface area contributed by atoms with Crippen LogP contribution in [0.5, 0.6) is 5.75 Å². The topological polar surface area (TPSA) is 43.2 Å². The minimum atomic E-state index is 0.687. The normalized spacial score (nSPS) is 10.6. The summed E-state index contributed by atoms with van der Waals surface area (Å²) in [5.41, 5.74) is 2.85. The van der Waals surface area contributed by atoms with Crippen molar-refractivity contribution in [1.82, 2.24) is 0 Å². The Kier molecular flexibility index (Phi) is 3.45. The van der Waals surface area contributed by atoms with Gasteiger partial charge in [0.05, 0.1) is 7.11 Å². The van der Waals surface area contributed by atoms with Gasteiger partial charge in [-0.3, -0.25) is 0 Å². The molecule has 76 valence electrons. The molecule has 0 fully saturated rings. The van der Waals surface area contributed by atoms with E-state index in [1.165, 1.54) is 7.11 Å². The molecule has 1 rings (SSSR count). The summed E-state index contributed by atoms with van der Waals surface area (Å²) in [7, 11) is 3.07. The average Bonchev–Trinajstić information content (AvgIpc) is 2.14. The van der Waals surface area contributed by atoms with Crippen molar-refractivity contribution in [3.63, 3.8) is 0 Å². The summed E-state index contributed by atoms with van der Waals surface area (Å²) < 4.78 is 5.22. The van der Waals surface area contributed by atoms with Crippen molar-refractivity contribution in [1.29, 1.82) is 0 Å². The van der Waals surface area contributed by atoms with E-state index >= 15 is 0 Å². The summed E-state index contributed by atoms with van der Waals surface area (Å²) >= 11 is 0. The number of benzene rings is 1. The Labute approximate surface area is 83.5 Å². The van der Waals surface area contributed by atoms with Crippen LogP contribution in [0.25, 0.3) is 0 Å². The van der Waals surface area contributed by atoms with Gasteiger partial charge < -0.3 is 9.57 Å². The van der Waals surface area contributed by atoms with E-state index < -0.39 is 0 Å². The monoisotopic (exact) mass is 194 g/mol. The van der Waals surface area contributed by atoms with Crippen molar-refractivity contribution in [3.8, 4) is 5.75 Å². The molecule has 4 nitrogen and oxygen atoms in total. The van der Waals surface area contributed by atoms with Gasteiger partial charge in [-0.05, 0) is 31.0 Å². The summed E-state index contributed by atoms with van der Waals surface area (Å²) in [6.07, 6.45) is 0. The van der Waals surface area contributed by atoms with Gasteiger partial charge in [0.15, 0.2) is 0 Å². The maximum atomic E-state index is 5.22. The van der Waals surface area contributed by atoms with Crippen LogP contribution in [-0.2, 0) is 4.84 Å². The van der Waals surface area contributed by atoms with E-state index in [2.05, 4.69) is 15.2 Å². The predicted molar refractivity (Wildman–Crippen MR) is 54.0 cm³/mol. The Balaban J connectivity index is 3.18. The summed E-state index contributed by atoms with van der Waals surface area (Å²) in [5.74, 6) is 0.733. The highest BCUT2D eigenvalue weighted by atomic mass is 16.6. The fourth-order valence-electron chi connectivity index (χ4n) is 1.36. The van der Waals surface area contributed by atoms with Crippen LogP contribution in [0.15, 0.2) is 22.5 Å². The highest BCUT2D eigenvalue weighted by molar-refractivity contribution is 5.57. The third-order valence-electron chi connectivity index (χ3n) is 1.83. The number of methoxy groups -OCH3 is 1. The van der Waals surface area contributed by atoms with E-state index in [1.54, 1.807) is 7.11 Å². The van der Waals surface area contributed by atoms with Gasteiger partial charge >= 0.3 is 0 Å². The molecule has 0 aliphatic rings. The van der Waals surface area contributed by atoms with Crippen molar-refractivity contribution in [2.45, 2.75) is 13.8 Å². The molecule has 0 aliphatic heterocycles. The molecule has 0 amide bonds. The molecule has 0 N–H and O–H groups in total. The summed E-state index contributed by atoms with van der Waals surface area (Å²) in [4.78, 5) is 4.53. The Bertz CT molecular complexity index is 348. The first kappa shape index (κ1) is 10.5. The van der Waals surface area contributed by atoms with Crippen molar-refractivity contribution in [2.24, 2.45) is 10.4 Å². The molecule has 4 heteroatoms. The molecule has 0 spiro atoms. The molecular formula is C10H14N2O2. The van der Waals surface area contributed by atoms with Crippen LogP contribution in [0.4, 0.5) is 5.69 Å². The largest absolute Gasteiger partial charge is 0.494 e. The lowest BCUT2D eigenvalue weighted by Crippen LogP contribution is -1.88. The summed E-state index contributed by atoms with van der Waals surface area (Å²) in [6, 6.07) is 3.93. The smallest absolute Gasteiger partial charge is 0.149 e. The maximum Gasteiger partial charge on any atom is 0.149 e. The van der Waals surface area contributed by atoms with E-state index in [0.717, 1.165) is 16.9 Å². The maximum absolute atomic E-state index is 5.22. The molecular weight excluding hydrogens is 180 g/mol. The average molecular weight is 194 g/mol. The van der Waals surface area contributed by atoms with Gasteiger partial charge in [0, 0.05) is 5.28 Å². The van der Waals surface area contributed by atoms with Crippen LogP contribution in [0, 0.1) is 13.8 Å². The standard InChI is InChI=1S/C10H14N2O2/c1-7-5-8(2)10(13-3)9(6-7)11-12-14-4/h5-6H,1-4H3. The van der Waals surface area contributed by atoms with Crippen molar-refractivity contribution >= 4 is 5.69 Å². The van der Waals surface area contributed by atoms with Gasteiger partial charge in [0.25, 0.3) is 0 Å². The molecule has 0 atom stereocenters. The van der Waals surface area contributed by atoms with E-state index in [1.807, 2.05) is 26.0 Å². The van der Waals surface area contributed by atoms with Crippen LogP contribution < -0.4 is 4.74 Å². The third-order valence-corrected chi connectivity index (χ3v) is 1.83. The van der Waals surface area contributed by atoms with Gasteiger partial charge in [-0.25, -0.2) is 0 Å². The lowest BCUT2D eigenvalue weighted by atomic mass is 10.1. The molecule has 0 saturated heterocycles. The Morgan fingerprint density at radius 3 is 2.43 bits per heavy atom. The zero-order valence-electron chi connectivity index (χ0n) is 8.87. The number of ether oxygens (including phenoxy) is 1. The first-order valence-corrected chi connectivity index (χ1v) is 4.28. The molecule has 0 saturated carbocycles. The molecule has 1 aromatic carbocycles. The van der Waals surface area contributed by atoms with Crippen molar-refractivity contribution < 1.29 is 9.57 Å². The molecule has 0 bridgehead atoms. The zero-order valence-corrected chi connectivity index (χ0v) is 8.87. The fourth-order valence-corrected chi connectivity index (χ4v) is 1.36. The van der Waals surface area contributed by atoms with E-state index in [9.17, 15) is 0 Å². The van der Waals surface area contributed by atoms with Gasteiger partial charge in [0.2, 0.25) is 0 Å². The third kappa shape index (κ3) is 2.22. The van der Waals surface area contributed by atoms with Crippen molar-refractivity contribution in [2.75, 3.05) is 14.2 Å². The molecule has 14 heavy (non-hydrogen) atoms. The van der Waals surface area contributed by atoms with Crippen LogP contribution in [-0.4, -0.2) is 14.2 Å². The number of hydrogen-bond donors (Lipinski definition) is 0. The van der Waals surface area contributed by atoms with Gasteiger partial charge in [-0.1, -0.05) is 6.07 Å². The summed E-state index contributed by atoms with van der Waals surface area (Å²) in [6.45, 7) is 3.97. The molecule has 0 unspecified atom stereocenters. The Morgan fingerprint density at radius 1 is 1.14 bits per heavy atom. The van der Waals surface area contributed by atoms with E-state index in [4.69, 9.17) is 4.74 Å². The van der Waals surface area contributed by atoms with E-state index in [-0.39, 0.29) is 0 Å². The van der Waals surface area contributed by atoms with Crippen LogP contribution >= 0.6 is 0 Å². The predicted octanol–water partition coefficient (Wildman–Crippen LogP) is 2.96. The van der Waals surface area contributed by atoms with Gasteiger partial charge in [-0.2, -0.15) is 0 Å². The highest BCUT2D eigenvalue weighted by Crippen LogP contribution is 2.32. The van der Waals surface area contributed by atoms with Gasteiger partial charge in [-0.15, -0.1) is 5.11 Å². The second kappa shape index (κ2) is 4.60. The molecule has 1 aromatic rings. The lowest BCUT2D eigenvalue weighted by molar-refractivity contribution is 0.190. The Hall–Kier alpha value is -1.58. The minimum absolute atomic E-state index is 0.687. The minimum Gasteiger partial charge on any atom is -0.494 e. The first-order valence-electron chi connectivity index (χ1n) is 4.28. The molecule has 0 aromatic heterocycles. The highest BCUT2D eigenvalue weighted by Gasteiger charge is 2.06. The number of hydrogen-bond acceptors (Lipinski definition) is 4. The molecule has 0 aliphatic carbocycles. The Morgan fingerprint density at radius 2 is 1.86 bits per heavy atom. The van der Waals surface area contributed by atoms with Crippen LogP contribution in [0.2, 0.25) is 0 Å². The second-order valence-electron chi connectivity index (χ2n) is 3.00. The zero-order chi connectivity index (χ0) is 10.6. The fraction of sp³-hybridized carbons (Fsp3) is 0.400. The second-order valence-corrected chi connectivity index (χ2v) is 3.00. The SMILES string of the molecule is CON=Nc1cc(C)cc(C)c1OC.